The first-order valence-corrected chi connectivity index (χ1v) is 10.6. The van der Waals surface area contributed by atoms with E-state index in [2.05, 4.69) is 6.07 Å². The number of hydrogen-bond acceptors (Lipinski definition) is 4. The molecule has 0 bridgehead atoms. The highest BCUT2D eigenvalue weighted by Crippen LogP contribution is 2.36. The summed E-state index contributed by atoms with van der Waals surface area (Å²) in [6.45, 7) is 1.79. The van der Waals surface area contributed by atoms with Crippen molar-refractivity contribution in [2.45, 2.75) is 11.8 Å². The van der Waals surface area contributed by atoms with Crippen LogP contribution in [0.4, 0.5) is 0 Å². The van der Waals surface area contributed by atoms with Crippen molar-refractivity contribution in [1.82, 2.24) is 9.80 Å². The molecular weight excluding hydrogens is 386 g/mol. The normalized spacial score (nSPS) is 14.6. The molecule has 2 aromatic rings. The molecule has 1 heterocycles. The Balaban J connectivity index is 1.74. The molecule has 1 fully saturated rings. The quantitative estimate of drug-likeness (QED) is 0.705. The zero-order chi connectivity index (χ0) is 20.0. The first-order valence-electron chi connectivity index (χ1n) is 9.25. The van der Waals surface area contributed by atoms with Gasteiger partial charge in [-0.3, -0.25) is 4.79 Å². The van der Waals surface area contributed by atoms with Crippen LogP contribution in [-0.4, -0.2) is 52.5 Å². The maximum Gasteiger partial charge on any atom is 0.241 e. The summed E-state index contributed by atoms with van der Waals surface area (Å²) < 4.78 is 0.731. The summed E-state index contributed by atoms with van der Waals surface area (Å²) in [5, 5.41) is 10.2. The lowest BCUT2D eigenvalue weighted by molar-refractivity contribution is -0.132. The fourth-order valence-corrected chi connectivity index (χ4v) is 4.71. The molecule has 0 aliphatic carbocycles. The molecule has 0 unspecified atom stereocenters. The van der Waals surface area contributed by atoms with Crippen LogP contribution in [0.15, 0.2) is 60.7 Å². The van der Waals surface area contributed by atoms with Gasteiger partial charge in [0, 0.05) is 25.9 Å². The van der Waals surface area contributed by atoms with Gasteiger partial charge in [0.2, 0.25) is 5.91 Å². The zero-order valence-electron chi connectivity index (χ0n) is 15.9. The van der Waals surface area contributed by atoms with E-state index >= 15 is 0 Å². The number of nitrogens with zero attached hydrogens (tertiary/aromatic N) is 3. The predicted molar refractivity (Wildman–Crippen MR) is 118 cm³/mol. The number of carbonyl (C=O) groups excluding carboxylic acids is 1. The molecule has 1 aliphatic rings. The van der Waals surface area contributed by atoms with Crippen molar-refractivity contribution in [3.8, 4) is 6.07 Å². The van der Waals surface area contributed by atoms with E-state index in [9.17, 15) is 10.1 Å². The van der Waals surface area contributed by atoms with Gasteiger partial charge in [-0.2, -0.15) is 5.26 Å². The third-order valence-electron chi connectivity index (χ3n) is 5.14. The number of nitriles is 1. The van der Waals surface area contributed by atoms with Gasteiger partial charge in [0.1, 0.15) is 9.74 Å². The minimum atomic E-state index is -0.719. The average molecular weight is 410 g/mol. The van der Waals surface area contributed by atoms with E-state index in [1.807, 2.05) is 72.6 Å². The van der Waals surface area contributed by atoms with Gasteiger partial charge in [-0.1, -0.05) is 84.6 Å². The number of benzene rings is 2. The Kier molecular flexibility index (Phi) is 6.71. The molecule has 144 valence electrons. The molecule has 3 rings (SSSR count). The van der Waals surface area contributed by atoms with Crippen molar-refractivity contribution in [1.29, 1.82) is 5.26 Å². The van der Waals surface area contributed by atoms with E-state index < -0.39 is 5.41 Å². The Morgan fingerprint density at radius 2 is 1.68 bits per heavy atom. The van der Waals surface area contributed by atoms with Crippen LogP contribution < -0.4 is 0 Å². The highest BCUT2D eigenvalue weighted by atomic mass is 32.2. The first kappa shape index (κ1) is 20.4. The average Bonchev–Trinajstić information content (AvgIpc) is 2.74. The molecular formula is C22H23N3OS2. The minimum absolute atomic E-state index is 0.0918. The second-order valence-corrected chi connectivity index (χ2v) is 8.58. The monoisotopic (exact) mass is 409 g/mol. The van der Waals surface area contributed by atoms with Gasteiger partial charge >= 0.3 is 0 Å². The van der Waals surface area contributed by atoms with E-state index in [4.69, 9.17) is 12.2 Å². The molecule has 1 amide bonds. The van der Waals surface area contributed by atoms with Crippen molar-refractivity contribution in [3.63, 3.8) is 0 Å². The highest BCUT2D eigenvalue weighted by molar-refractivity contribution is 8.22. The van der Waals surface area contributed by atoms with Crippen molar-refractivity contribution in [2.75, 3.05) is 32.4 Å². The summed E-state index contributed by atoms with van der Waals surface area (Å²) in [5.74, 6) is 0.797. The SMILES string of the molecule is CN1CCN(C(=S)SCCC(C#N)(c2ccccc2)c2ccccc2)CC1=O. The van der Waals surface area contributed by atoms with Crippen LogP contribution in [0.2, 0.25) is 0 Å². The van der Waals surface area contributed by atoms with Gasteiger partial charge in [0.25, 0.3) is 0 Å². The van der Waals surface area contributed by atoms with Gasteiger partial charge in [0.15, 0.2) is 0 Å². The molecule has 0 radical (unpaired) electrons. The Morgan fingerprint density at radius 3 is 2.18 bits per heavy atom. The highest BCUT2D eigenvalue weighted by Gasteiger charge is 2.34. The fourth-order valence-electron chi connectivity index (χ4n) is 3.38. The Bertz CT molecular complexity index is 825. The molecule has 2 aromatic carbocycles. The number of amides is 1. The molecule has 0 aromatic heterocycles. The molecule has 28 heavy (non-hydrogen) atoms. The van der Waals surface area contributed by atoms with Gasteiger partial charge in [-0.25, -0.2) is 0 Å². The number of rotatable bonds is 5. The molecule has 1 saturated heterocycles. The van der Waals surface area contributed by atoms with Crippen LogP contribution in [0, 0.1) is 11.3 Å². The Morgan fingerprint density at radius 1 is 1.11 bits per heavy atom. The van der Waals surface area contributed by atoms with E-state index in [0.717, 1.165) is 22.0 Å². The molecule has 1 aliphatic heterocycles. The number of piperazine rings is 1. The predicted octanol–water partition coefficient (Wildman–Crippen LogP) is 3.68. The van der Waals surface area contributed by atoms with Crippen LogP contribution in [0.25, 0.3) is 0 Å². The Hall–Kier alpha value is -2.36. The van der Waals surface area contributed by atoms with Gasteiger partial charge in [-0.05, 0) is 17.5 Å². The van der Waals surface area contributed by atoms with E-state index in [1.54, 1.807) is 16.7 Å². The van der Waals surface area contributed by atoms with Crippen molar-refractivity contribution < 1.29 is 4.79 Å². The molecule has 0 atom stereocenters. The van der Waals surface area contributed by atoms with Gasteiger partial charge in [0.05, 0.1) is 12.6 Å². The third kappa shape index (κ3) is 4.37. The van der Waals surface area contributed by atoms with Crippen LogP contribution in [0.1, 0.15) is 17.5 Å². The molecule has 6 heteroatoms. The van der Waals surface area contributed by atoms with Crippen LogP contribution in [0.3, 0.4) is 0 Å². The summed E-state index contributed by atoms with van der Waals surface area (Å²) in [4.78, 5) is 15.6. The zero-order valence-corrected chi connectivity index (χ0v) is 17.5. The maximum atomic E-state index is 11.9. The smallest absolute Gasteiger partial charge is 0.241 e. The lowest BCUT2D eigenvalue weighted by atomic mass is 9.74. The van der Waals surface area contributed by atoms with E-state index in [0.29, 0.717) is 25.3 Å². The summed E-state index contributed by atoms with van der Waals surface area (Å²) in [7, 11) is 1.82. The number of thiocarbonyl (C=S) groups is 1. The summed E-state index contributed by atoms with van der Waals surface area (Å²) in [5.41, 5.74) is 1.26. The van der Waals surface area contributed by atoms with Crippen LogP contribution in [0.5, 0.6) is 0 Å². The van der Waals surface area contributed by atoms with Crippen LogP contribution >= 0.6 is 24.0 Å². The van der Waals surface area contributed by atoms with Crippen molar-refractivity contribution in [2.24, 2.45) is 0 Å². The van der Waals surface area contributed by atoms with Gasteiger partial charge in [-0.15, -0.1) is 0 Å². The summed E-state index contributed by atoms with van der Waals surface area (Å²) >= 11 is 7.11. The molecule has 0 N–H and O–H groups in total. The first-order chi connectivity index (χ1) is 13.6. The third-order valence-corrected chi connectivity index (χ3v) is 6.67. The van der Waals surface area contributed by atoms with Crippen LogP contribution in [-0.2, 0) is 10.2 Å². The van der Waals surface area contributed by atoms with E-state index in [-0.39, 0.29) is 5.91 Å². The standard InChI is InChI=1S/C22H23N3OS2/c1-24-13-14-25(16-20(24)26)21(27)28-15-12-22(17-23,18-8-4-2-5-9-18)19-10-6-3-7-11-19/h2-11H,12-16H2,1H3. The molecule has 4 nitrogen and oxygen atoms in total. The number of hydrogen-bond donors (Lipinski definition) is 0. The number of likely N-dealkylation sites (N-methyl/N-ethyl adjacent to an activating group) is 1. The summed E-state index contributed by atoms with van der Waals surface area (Å²) in [6, 6.07) is 22.4. The lowest BCUT2D eigenvalue weighted by Gasteiger charge is -2.33. The van der Waals surface area contributed by atoms with Crippen molar-refractivity contribution in [3.05, 3.63) is 71.8 Å². The largest absolute Gasteiger partial charge is 0.346 e. The maximum absolute atomic E-state index is 11.9. The second-order valence-electron chi connectivity index (χ2n) is 6.85. The molecule has 0 spiro atoms. The topological polar surface area (TPSA) is 47.3 Å². The van der Waals surface area contributed by atoms with E-state index in [1.165, 1.54) is 0 Å². The summed E-state index contributed by atoms with van der Waals surface area (Å²) in [6.07, 6.45) is 0.643. The number of carbonyl (C=O) groups is 1. The lowest BCUT2D eigenvalue weighted by Crippen LogP contribution is -2.49. The van der Waals surface area contributed by atoms with Crippen molar-refractivity contribution >= 4 is 34.2 Å². The van der Waals surface area contributed by atoms with Gasteiger partial charge < -0.3 is 9.80 Å². The Labute approximate surface area is 176 Å². The second kappa shape index (κ2) is 9.22. The molecule has 0 saturated carbocycles. The number of thioether (sulfide) groups is 1. The minimum Gasteiger partial charge on any atom is -0.346 e. The fraction of sp³-hybridized carbons (Fsp3) is 0.318.